The second kappa shape index (κ2) is 8.58. The summed E-state index contributed by atoms with van der Waals surface area (Å²) in [6, 6.07) is 13.2. The normalized spacial score (nSPS) is 20.1. The van der Waals surface area contributed by atoms with Gasteiger partial charge < -0.3 is 14.9 Å². The van der Waals surface area contributed by atoms with Gasteiger partial charge in [0.05, 0.1) is 11.6 Å². The van der Waals surface area contributed by atoms with Crippen molar-refractivity contribution in [1.82, 2.24) is 4.90 Å². The van der Waals surface area contributed by atoms with E-state index < -0.39 is 17.7 Å². The molecule has 2 aliphatic rings. The third kappa shape index (κ3) is 3.85. The van der Waals surface area contributed by atoms with E-state index in [2.05, 4.69) is 0 Å². The van der Waals surface area contributed by atoms with Crippen LogP contribution in [0.1, 0.15) is 54.5 Å². The van der Waals surface area contributed by atoms with Crippen LogP contribution in [0.5, 0.6) is 0 Å². The van der Waals surface area contributed by atoms with Gasteiger partial charge in [-0.15, -0.1) is 0 Å². The van der Waals surface area contributed by atoms with Crippen molar-refractivity contribution in [3.63, 3.8) is 0 Å². The average Bonchev–Trinajstić information content (AvgIpc) is 3.03. The molecule has 1 N–H and O–H groups in total. The number of benzene rings is 2. The Morgan fingerprint density at radius 2 is 1.71 bits per heavy atom. The highest BCUT2D eigenvalue weighted by atomic mass is 16.3. The Kier molecular flexibility index (Phi) is 5.86. The van der Waals surface area contributed by atoms with Gasteiger partial charge in [0.2, 0.25) is 0 Å². The van der Waals surface area contributed by atoms with Crippen LogP contribution >= 0.6 is 0 Å². The molecule has 1 aliphatic heterocycles. The highest BCUT2D eigenvalue weighted by Gasteiger charge is 2.45. The second-order valence-corrected chi connectivity index (χ2v) is 8.67. The Morgan fingerprint density at radius 3 is 2.35 bits per heavy atom. The van der Waals surface area contributed by atoms with Crippen LogP contribution in [0.25, 0.3) is 5.76 Å². The fourth-order valence-electron chi connectivity index (χ4n) is 4.69. The van der Waals surface area contributed by atoms with Crippen LogP contribution in [-0.4, -0.2) is 42.3 Å². The van der Waals surface area contributed by atoms with Crippen molar-refractivity contribution < 1.29 is 14.7 Å². The van der Waals surface area contributed by atoms with Crippen molar-refractivity contribution in [2.45, 2.75) is 45.1 Å². The van der Waals surface area contributed by atoms with Crippen LogP contribution < -0.4 is 4.90 Å². The lowest BCUT2D eigenvalue weighted by molar-refractivity contribution is -0.139. The van der Waals surface area contributed by atoms with E-state index in [4.69, 9.17) is 0 Å². The quantitative estimate of drug-likeness (QED) is 0.442. The van der Waals surface area contributed by atoms with Crippen LogP contribution in [-0.2, 0) is 22.4 Å². The molecule has 1 heterocycles. The van der Waals surface area contributed by atoms with Gasteiger partial charge in [0.15, 0.2) is 0 Å². The summed E-state index contributed by atoms with van der Waals surface area (Å²) in [6.45, 7) is 2.45. The molecule has 5 heteroatoms. The summed E-state index contributed by atoms with van der Waals surface area (Å²) in [5.41, 5.74) is 5.20. The van der Waals surface area contributed by atoms with Crippen molar-refractivity contribution in [2.75, 3.05) is 25.5 Å². The van der Waals surface area contributed by atoms with Crippen LogP contribution in [0.15, 0.2) is 48.0 Å². The summed E-state index contributed by atoms with van der Waals surface area (Å²) in [4.78, 5) is 29.5. The summed E-state index contributed by atoms with van der Waals surface area (Å²) < 4.78 is 0. The number of aliphatic hydroxyl groups excluding tert-OH is 1. The van der Waals surface area contributed by atoms with Crippen LogP contribution in [0.2, 0.25) is 0 Å². The molecule has 0 aromatic heterocycles. The topological polar surface area (TPSA) is 60.9 Å². The lowest BCUT2D eigenvalue weighted by Crippen LogP contribution is -2.30. The number of rotatable bonds is 5. The molecule has 0 saturated carbocycles. The molecule has 1 atom stereocenters. The summed E-state index contributed by atoms with van der Waals surface area (Å²) in [7, 11) is 3.93. The number of hydrogen-bond acceptors (Lipinski definition) is 4. The number of anilines is 1. The number of hydrogen-bond donors (Lipinski definition) is 1. The van der Waals surface area contributed by atoms with E-state index in [9.17, 15) is 14.7 Å². The smallest absolute Gasteiger partial charge is 0.295 e. The number of Topliss-reactive ketones (excluding diaryl/α,β-unsaturated/α-hetero) is 1. The zero-order valence-corrected chi connectivity index (χ0v) is 18.5. The summed E-state index contributed by atoms with van der Waals surface area (Å²) in [5.74, 6) is -1.22. The zero-order valence-electron chi connectivity index (χ0n) is 18.5. The van der Waals surface area contributed by atoms with Gasteiger partial charge >= 0.3 is 0 Å². The van der Waals surface area contributed by atoms with E-state index in [1.54, 1.807) is 4.90 Å². The molecule has 0 bridgehead atoms. The molecule has 0 spiro atoms. The molecule has 1 amide bonds. The van der Waals surface area contributed by atoms with Gasteiger partial charge in [-0.25, -0.2) is 0 Å². The van der Waals surface area contributed by atoms with Gasteiger partial charge in [-0.1, -0.05) is 31.2 Å². The number of carbonyl (C=O) groups is 2. The first-order valence-corrected chi connectivity index (χ1v) is 11.1. The minimum atomic E-state index is -0.606. The lowest BCUT2D eigenvalue weighted by Gasteiger charge is -2.25. The number of ketones is 1. The van der Waals surface area contributed by atoms with Crippen LogP contribution in [0.3, 0.4) is 0 Å². The molecule has 5 nitrogen and oxygen atoms in total. The molecular formula is C26H30N2O3. The van der Waals surface area contributed by atoms with Crippen molar-refractivity contribution in [1.29, 1.82) is 0 Å². The summed E-state index contributed by atoms with van der Waals surface area (Å²) >= 11 is 0. The Morgan fingerprint density at radius 1 is 1.03 bits per heavy atom. The molecule has 4 rings (SSSR count). The number of nitrogens with zero attached hydrogens (tertiary/aromatic N) is 2. The van der Waals surface area contributed by atoms with Crippen molar-refractivity contribution in [3.8, 4) is 0 Å². The van der Waals surface area contributed by atoms with Gasteiger partial charge in [0.25, 0.3) is 11.7 Å². The predicted molar refractivity (Wildman–Crippen MR) is 123 cm³/mol. The molecule has 1 aliphatic carbocycles. The van der Waals surface area contributed by atoms with E-state index in [1.807, 2.05) is 68.4 Å². The first kappa shape index (κ1) is 21.2. The molecule has 1 unspecified atom stereocenters. The molecular weight excluding hydrogens is 388 g/mol. The van der Waals surface area contributed by atoms with Crippen molar-refractivity contribution in [2.24, 2.45) is 0 Å². The van der Waals surface area contributed by atoms with E-state index >= 15 is 0 Å². The first-order valence-electron chi connectivity index (χ1n) is 11.1. The summed E-state index contributed by atoms with van der Waals surface area (Å²) in [6.07, 6.45) is 5.09. The molecule has 2 aromatic rings. The van der Waals surface area contributed by atoms with Gasteiger partial charge in [0.1, 0.15) is 5.76 Å². The van der Waals surface area contributed by atoms with E-state index in [1.165, 1.54) is 17.5 Å². The Bertz CT molecular complexity index is 1040. The average molecular weight is 419 g/mol. The molecule has 2 aromatic carbocycles. The number of aryl methyl sites for hydroxylation is 2. The van der Waals surface area contributed by atoms with Crippen molar-refractivity contribution >= 4 is 23.1 Å². The highest BCUT2D eigenvalue weighted by Crippen LogP contribution is 2.40. The van der Waals surface area contributed by atoms with Gasteiger partial charge in [0, 0.05) is 31.9 Å². The monoisotopic (exact) mass is 418 g/mol. The molecule has 1 fully saturated rings. The zero-order chi connectivity index (χ0) is 22.1. The molecule has 31 heavy (non-hydrogen) atoms. The Labute approximate surface area is 184 Å². The lowest BCUT2D eigenvalue weighted by atomic mass is 9.88. The SMILES string of the molecule is CCCN1C(=O)C(=O)/C(=C(\O)c2ccc3c(c2)CCCC3)C1c1ccc(N(C)C)cc1. The largest absolute Gasteiger partial charge is 0.507 e. The minimum Gasteiger partial charge on any atom is -0.507 e. The fraction of sp³-hybridized carbons (Fsp3) is 0.385. The molecule has 0 radical (unpaired) electrons. The van der Waals surface area contributed by atoms with Crippen LogP contribution in [0.4, 0.5) is 5.69 Å². The maximum absolute atomic E-state index is 13.0. The predicted octanol–water partition coefficient (Wildman–Crippen LogP) is 4.46. The molecule has 1 saturated heterocycles. The Balaban J connectivity index is 1.82. The number of aliphatic hydroxyl groups is 1. The van der Waals surface area contributed by atoms with Crippen LogP contribution in [0, 0.1) is 0 Å². The third-order valence-electron chi connectivity index (χ3n) is 6.35. The van der Waals surface area contributed by atoms with E-state index in [0.717, 1.165) is 36.9 Å². The highest BCUT2D eigenvalue weighted by molar-refractivity contribution is 6.46. The number of fused-ring (bicyclic) bond motifs is 1. The van der Waals surface area contributed by atoms with E-state index in [0.29, 0.717) is 12.1 Å². The van der Waals surface area contributed by atoms with Gasteiger partial charge in [-0.05, 0) is 67.0 Å². The van der Waals surface area contributed by atoms with Gasteiger partial charge in [-0.3, -0.25) is 9.59 Å². The number of carbonyl (C=O) groups excluding carboxylic acids is 2. The standard InChI is InChI=1S/C26H30N2O3/c1-4-15-28-23(18-11-13-21(14-12-18)27(2)3)22(25(30)26(28)31)24(29)20-10-9-17-7-5-6-8-19(17)16-20/h9-14,16,23,29H,4-8,15H2,1-3H3/b24-22-. The van der Waals surface area contributed by atoms with Crippen molar-refractivity contribution in [3.05, 3.63) is 70.3 Å². The molecule has 162 valence electrons. The first-order chi connectivity index (χ1) is 14.9. The maximum Gasteiger partial charge on any atom is 0.295 e. The number of likely N-dealkylation sites (tertiary alicyclic amines) is 1. The summed E-state index contributed by atoms with van der Waals surface area (Å²) in [5, 5.41) is 11.2. The van der Waals surface area contributed by atoms with E-state index in [-0.39, 0.29) is 11.3 Å². The third-order valence-corrected chi connectivity index (χ3v) is 6.35. The second-order valence-electron chi connectivity index (χ2n) is 8.67. The Hall–Kier alpha value is -3.08. The number of amides is 1. The minimum absolute atomic E-state index is 0.0768. The van der Waals surface area contributed by atoms with Gasteiger partial charge in [-0.2, -0.15) is 0 Å². The maximum atomic E-state index is 13.0. The fourth-order valence-corrected chi connectivity index (χ4v) is 4.69.